The molecule has 0 aliphatic heterocycles. The highest BCUT2D eigenvalue weighted by Crippen LogP contribution is 2.19. The molecule has 0 bridgehead atoms. The van der Waals surface area contributed by atoms with Crippen LogP contribution >= 0.6 is 0 Å². The molecule has 0 saturated heterocycles. The molecule has 20 heavy (non-hydrogen) atoms. The minimum absolute atomic E-state index is 0.00872. The van der Waals surface area contributed by atoms with Crippen molar-refractivity contribution in [2.75, 3.05) is 0 Å². The fourth-order valence-electron chi connectivity index (χ4n) is 2.02. The Morgan fingerprint density at radius 2 is 2.10 bits per heavy atom. The third kappa shape index (κ3) is 2.54. The van der Waals surface area contributed by atoms with Gasteiger partial charge in [-0.05, 0) is 19.4 Å². The van der Waals surface area contributed by atoms with Crippen LogP contribution in [0.25, 0.3) is 5.82 Å². The van der Waals surface area contributed by atoms with Gasteiger partial charge in [0.25, 0.3) is 0 Å². The Kier molecular flexibility index (Phi) is 3.83. The van der Waals surface area contributed by atoms with Crippen molar-refractivity contribution in [3.8, 4) is 5.82 Å². The molecule has 1 N–H and O–H groups in total. The number of carboxylic acids is 1. The molecule has 2 aromatic heterocycles. The average molecular weight is 274 g/mol. The van der Waals surface area contributed by atoms with E-state index in [2.05, 4.69) is 15.1 Å². The zero-order valence-corrected chi connectivity index (χ0v) is 12.1. The van der Waals surface area contributed by atoms with Gasteiger partial charge in [-0.25, -0.2) is 19.4 Å². The van der Waals surface area contributed by atoms with Gasteiger partial charge in [0.15, 0.2) is 11.5 Å². The van der Waals surface area contributed by atoms with Gasteiger partial charge in [0.2, 0.25) is 0 Å². The van der Waals surface area contributed by atoms with Crippen LogP contribution in [0.15, 0.2) is 12.3 Å². The molecule has 2 aromatic rings. The highest BCUT2D eigenvalue weighted by molar-refractivity contribution is 5.85. The first-order valence-electron chi connectivity index (χ1n) is 6.60. The summed E-state index contributed by atoms with van der Waals surface area (Å²) < 4.78 is 1.52. The smallest absolute Gasteiger partial charge is 0.356 e. The molecule has 0 aromatic carbocycles. The topological polar surface area (TPSA) is 80.9 Å². The van der Waals surface area contributed by atoms with E-state index in [1.807, 2.05) is 27.7 Å². The summed E-state index contributed by atoms with van der Waals surface area (Å²) in [6, 6.07) is 1.47. The first-order valence-corrected chi connectivity index (χ1v) is 6.60. The molecule has 0 amide bonds. The molecule has 2 heterocycles. The number of carboxylic acid groups (broad SMARTS) is 1. The van der Waals surface area contributed by atoms with Crippen molar-refractivity contribution >= 4 is 5.97 Å². The fraction of sp³-hybridized carbons (Fsp3) is 0.429. The number of aromatic carboxylic acids is 1. The monoisotopic (exact) mass is 274 g/mol. The van der Waals surface area contributed by atoms with E-state index in [9.17, 15) is 4.79 Å². The third-order valence-electron chi connectivity index (χ3n) is 3.10. The van der Waals surface area contributed by atoms with E-state index in [0.717, 1.165) is 23.5 Å². The molecule has 0 aliphatic carbocycles. The summed E-state index contributed by atoms with van der Waals surface area (Å²) in [4.78, 5) is 20.0. The number of aromatic nitrogens is 4. The Morgan fingerprint density at radius 3 is 2.60 bits per heavy atom. The maximum Gasteiger partial charge on any atom is 0.356 e. The van der Waals surface area contributed by atoms with Gasteiger partial charge in [0.1, 0.15) is 5.82 Å². The van der Waals surface area contributed by atoms with Crippen LogP contribution in [0, 0.1) is 6.92 Å². The van der Waals surface area contributed by atoms with Crippen LogP contribution in [-0.2, 0) is 6.42 Å². The van der Waals surface area contributed by atoms with E-state index < -0.39 is 5.97 Å². The zero-order valence-electron chi connectivity index (χ0n) is 12.1. The minimum Gasteiger partial charge on any atom is -0.476 e. The van der Waals surface area contributed by atoms with Crippen molar-refractivity contribution < 1.29 is 9.90 Å². The molecule has 106 valence electrons. The second kappa shape index (κ2) is 5.40. The van der Waals surface area contributed by atoms with Crippen molar-refractivity contribution in [3.63, 3.8) is 0 Å². The Bertz CT molecular complexity index is 647. The van der Waals surface area contributed by atoms with E-state index in [-0.39, 0.29) is 11.6 Å². The van der Waals surface area contributed by atoms with E-state index in [1.54, 1.807) is 6.20 Å². The summed E-state index contributed by atoms with van der Waals surface area (Å²) in [5.41, 5.74) is 1.90. The van der Waals surface area contributed by atoms with E-state index >= 15 is 0 Å². The summed E-state index contributed by atoms with van der Waals surface area (Å²) >= 11 is 0. The summed E-state index contributed by atoms with van der Waals surface area (Å²) in [5.74, 6) is 0.558. The largest absolute Gasteiger partial charge is 0.476 e. The van der Waals surface area contributed by atoms with Gasteiger partial charge in [0, 0.05) is 23.4 Å². The number of carbonyl (C=O) groups is 1. The molecular formula is C14H18N4O2. The predicted octanol–water partition coefficient (Wildman–Crippen LogP) is 2.35. The van der Waals surface area contributed by atoms with Crippen LogP contribution < -0.4 is 0 Å². The van der Waals surface area contributed by atoms with Gasteiger partial charge in [0.05, 0.1) is 0 Å². The first kappa shape index (κ1) is 14.2. The van der Waals surface area contributed by atoms with Gasteiger partial charge in [-0.3, -0.25) is 0 Å². The van der Waals surface area contributed by atoms with Gasteiger partial charge in [-0.2, -0.15) is 5.10 Å². The minimum atomic E-state index is -1.04. The van der Waals surface area contributed by atoms with E-state index in [1.165, 1.54) is 10.7 Å². The number of hydrogen-bond acceptors (Lipinski definition) is 4. The summed E-state index contributed by atoms with van der Waals surface area (Å²) in [5, 5.41) is 13.0. The highest BCUT2D eigenvalue weighted by atomic mass is 16.4. The molecule has 0 fully saturated rings. The molecule has 0 aliphatic rings. The lowest BCUT2D eigenvalue weighted by Crippen LogP contribution is -2.12. The summed E-state index contributed by atoms with van der Waals surface area (Å²) in [7, 11) is 0. The molecule has 2 rings (SSSR count). The second-order valence-electron chi connectivity index (χ2n) is 4.93. The van der Waals surface area contributed by atoms with Crippen molar-refractivity contribution in [2.45, 2.75) is 40.0 Å². The molecular weight excluding hydrogens is 256 g/mol. The van der Waals surface area contributed by atoms with E-state index in [4.69, 9.17) is 5.11 Å². The van der Waals surface area contributed by atoms with Crippen LogP contribution in [0.5, 0.6) is 0 Å². The van der Waals surface area contributed by atoms with Crippen molar-refractivity contribution in [2.24, 2.45) is 0 Å². The molecule has 6 heteroatoms. The molecule has 6 nitrogen and oxygen atoms in total. The number of rotatable bonds is 4. The van der Waals surface area contributed by atoms with Crippen LogP contribution in [-0.4, -0.2) is 30.8 Å². The molecule has 0 spiro atoms. The third-order valence-corrected chi connectivity index (χ3v) is 3.10. The summed E-state index contributed by atoms with van der Waals surface area (Å²) in [6.07, 6.45) is 2.39. The molecule has 0 radical (unpaired) electrons. The van der Waals surface area contributed by atoms with Crippen LogP contribution in [0.4, 0.5) is 0 Å². The molecule has 0 atom stereocenters. The van der Waals surface area contributed by atoms with E-state index in [0.29, 0.717) is 5.82 Å². The quantitative estimate of drug-likeness (QED) is 0.925. The van der Waals surface area contributed by atoms with Crippen molar-refractivity contribution in [3.05, 3.63) is 35.0 Å². The normalized spacial score (nSPS) is 11.1. The average Bonchev–Trinajstić information content (AvgIpc) is 2.87. The Labute approximate surface area is 117 Å². The Morgan fingerprint density at radius 1 is 1.40 bits per heavy atom. The maximum absolute atomic E-state index is 10.9. The fourth-order valence-corrected chi connectivity index (χ4v) is 2.02. The molecule has 0 unspecified atom stereocenters. The van der Waals surface area contributed by atoms with Gasteiger partial charge < -0.3 is 5.11 Å². The Hall–Kier alpha value is -2.24. The number of hydrogen-bond donors (Lipinski definition) is 1. The van der Waals surface area contributed by atoms with Crippen LogP contribution in [0.3, 0.4) is 0 Å². The van der Waals surface area contributed by atoms with Crippen LogP contribution in [0.2, 0.25) is 0 Å². The standard InChI is InChI=1S/C14H18N4O2/c1-5-10-9(4)15-12(8(2)3)16-13(10)18-7-6-11(17-18)14(19)20/h6-8H,5H2,1-4H3,(H,19,20). The molecule has 0 saturated carbocycles. The second-order valence-corrected chi connectivity index (χ2v) is 4.93. The van der Waals surface area contributed by atoms with Crippen molar-refractivity contribution in [1.82, 2.24) is 19.7 Å². The number of nitrogens with zero attached hydrogens (tertiary/aromatic N) is 4. The lowest BCUT2D eigenvalue weighted by Gasteiger charge is -2.13. The summed E-state index contributed by atoms with van der Waals surface area (Å²) in [6.45, 7) is 8.01. The lowest BCUT2D eigenvalue weighted by atomic mass is 10.1. The zero-order chi connectivity index (χ0) is 14.9. The number of aryl methyl sites for hydroxylation is 1. The first-order chi connectivity index (χ1) is 9.43. The SMILES string of the molecule is CCc1c(C)nc(C(C)C)nc1-n1ccc(C(=O)O)n1. The van der Waals surface area contributed by atoms with Gasteiger partial charge >= 0.3 is 5.97 Å². The lowest BCUT2D eigenvalue weighted by molar-refractivity contribution is 0.0690. The predicted molar refractivity (Wildman–Crippen MR) is 74.3 cm³/mol. The van der Waals surface area contributed by atoms with Crippen LogP contribution in [0.1, 0.15) is 54.3 Å². The van der Waals surface area contributed by atoms with Gasteiger partial charge in [-0.15, -0.1) is 0 Å². The van der Waals surface area contributed by atoms with Gasteiger partial charge in [-0.1, -0.05) is 20.8 Å². The maximum atomic E-state index is 10.9. The Balaban J connectivity index is 2.60. The highest BCUT2D eigenvalue weighted by Gasteiger charge is 2.16. The van der Waals surface area contributed by atoms with Crippen molar-refractivity contribution in [1.29, 1.82) is 0 Å².